The molecule has 1 N–H and O–H groups in total. The zero-order valence-electron chi connectivity index (χ0n) is 9.42. The van der Waals surface area contributed by atoms with E-state index in [0.717, 1.165) is 13.1 Å². The van der Waals surface area contributed by atoms with Crippen molar-refractivity contribution in [3.05, 3.63) is 29.6 Å². The number of rotatable bonds is 5. The van der Waals surface area contributed by atoms with Gasteiger partial charge in [0.05, 0.1) is 5.69 Å². The summed E-state index contributed by atoms with van der Waals surface area (Å²) in [4.78, 5) is 4.37. The van der Waals surface area contributed by atoms with Gasteiger partial charge in [-0.05, 0) is 37.7 Å². The van der Waals surface area contributed by atoms with Gasteiger partial charge in [-0.3, -0.25) is 4.98 Å². The van der Waals surface area contributed by atoms with E-state index in [-0.39, 0.29) is 0 Å². The van der Waals surface area contributed by atoms with Crippen LogP contribution in [0.25, 0.3) is 0 Å². The van der Waals surface area contributed by atoms with E-state index in [1.807, 2.05) is 24.0 Å². The molecule has 0 amide bonds. The summed E-state index contributed by atoms with van der Waals surface area (Å²) >= 11 is 1.99. The van der Waals surface area contributed by atoms with Crippen molar-refractivity contribution < 1.29 is 0 Å². The first-order chi connectivity index (χ1) is 7.26. The quantitative estimate of drug-likeness (QED) is 0.828. The lowest BCUT2D eigenvalue weighted by Gasteiger charge is -2.13. The highest BCUT2D eigenvalue weighted by Crippen LogP contribution is 2.46. The Bertz CT molecular complexity index is 334. The van der Waals surface area contributed by atoms with Crippen molar-refractivity contribution in [1.29, 1.82) is 0 Å². The van der Waals surface area contributed by atoms with Crippen molar-refractivity contribution in [2.45, 2.75) is 31.1 Å². The first-order valence-corrected chi connectivity index (χ1v) is 6.65. The predicted molar refractivity (Wildman–Crippen MR) is 66.2 cm³/mol. The standard InChI is InChI=1S/C12H18N2S/c1-10-4-3-7-14-11(10)8-13-9-12(15-2)5-6-12/h3-4,7,13H,5-6,8-9H2,1-2H3. The molecule has 0 radical (unpaired) electrons. The maximum atomic E-state index is 4.37. The van der Waals surface area contributed by atoms with E-state index in [2.05, 4.69) is 29.5 Å². The molecular weight excluding hydrogens is 204 g/mol. The number of nitrogens with one attached hydrogen (secondary N) is 1. The number of nitrogens with zero attached hydrogens (tertiary/aromatic N) is 1. The minimum atomic E-state index is 0.544. The predicted octanol–water partition coefficient (Wildman–Crippen LogP) is 2.38. The van der Waals surface area contributed by atoms with E-state index in [1.165, 1.54) is 24.1 Å². The Kier molecular flexibility index (Phi) is 3.32. The third kappa shape index (κ3) is 2.73. The number of hydrogen-bond donors (Lipinski definition) is 1. The monoisotopic (exact) mass is 222 g/mol. The van der Waals surface area contributed by atoms with Gasteiger partial charge in [-0.2, -0.15) is 11.8 Å². The smallest absolute Gasteiger partial charge is 0.0570 e. The normalized spacial score (nSPS) is 17.7. The largest absolute Gasteiger partial charge is 0.310 e. The molecule has 1 aromatic heterocycles. The SMILES string of the molecule is CSC1(CNCc2ncccc2C)CC1. The molecule has 1 aliphatic rings. The number of hydrogen-bond acceptors (Lipinski definition) is 3. The van der Waals surface area contributed by atoms with E-state index in [4.69, 9.17) is 0 Å². The molecule has 0 bridgehead atoms. The fourth-order valence-corrected chi connectivity index (χ4v) is 2.46. The Morgan fingerprint density at radius 3 is 2.93 bits per heavy atom. The lowest BCUT2D eigenvalue weighted by molar-refractivity contribution is 0.650. The highest BCUT2D eigenvalue weighted by molar-refractivity contribution is 8.00. The second kappa shape index (κ2) is 4.54. The number of aromatic nitrogens is 1. The van der Waals surface area contributed by atoms with Gasteiger partial charge in [-0.15, -0.1) is 0 Å². The highest BCUT2D eigenvalue weighted by atomic mass is 32.2. The van der Waals surface area contributed by atoms with Crippen LogP contribution in [-0.2, 0) is 6.54 Å². The van der Waals surface area contributed by atoms with Gasteiger partial charge in [-0.25, -0.2) is 0 Å². The van der Waals surface area contributed by atoms with E-state index < -0.39 is 0 Å². The average Bonchev–Trinajstić information content (AvgIpc) is 3.02. The third-order valence-electron chi connectivity index (χ3n) is 3.10. The van der Waals surface area contributed by atoms with Crippen molar-refractivity contribution in [3.63, 3.8) is 0 Å². The van der Waals surface area contributed by atoms with Crippen LogP contribution in [0.1, 0.15) is 24.1 Å². The summed E-state index contributed by atoms with van der Waals surface area (Å²) in [5, 5.41) is 3.51. The number of pyridine rings is 1. The van der Waals surface area contributed by atoms with Crippen molar-refractivity contribution in [3.8, 4) is 0 Å². The van der Waals surface area contributed by atoms with E-state index >= 15 is 0 Å². The molecule has 1 aromatic rings. The molecule has 15 heavy (non-hydrogen) atoms. The van der Waals surface area contributed by atoms with Crippen LogP contribution in [-0.4, -0.2) is 22.5 Å². The van der Waals surface area contributed by atoms with Gasteiger partial charge < -0.3 is 5.32 Å². The molecule has 2 rings (SSSR count). The molecule has 1 fully saturated rings. The lowest BCUT2D eigenvalue weighted by atomic mass is 10.2. The average molecular weight is 222 g/mol. The minimum Gasteiger partial charge on any atom is -0.310 e. The van der Waals surface area contributed by atoms with Gasteiger partial charge in [-0.1, -0.05) is 6.07 Å². The van der Waals surface area contributed by atoms with Gasteiger partial charge in [0.15, 0.2) is 0 Å². The molecule has 1 saturated carbocycles. The summed E-state index contributed by atoms with van der Waals surface area (Å²) in [7, 11) is 0. The zero-order valence-corrected chi connectivity index (χ0v) is 10.2. The third-order valence-corrected chi connectivity index (χ3v) is 4.52. The Hall–Kier alpha value is -0.540. The molecule has 0 aliphatic heterocycles. The van der Waals surface area contributed by atoms with Gasteiger partial charge in [0.1, 0.15) is 0 Å². The summed E-state index contributed by atoms with van der Waals surface area (Å²) < 4.78 is 0.544. The van der Waals surface area contributed by atoms with Crippen LogP contribution < -0.4 is 5.32 Å². The van der Waals surface area contributed by atoms with Gasteiger partial charge in [0.2, 0.25) is 0 Å². The van der Waals surface area contributed by atoms with Gasteiger partial charge in [0.25, 0.3) is 0 Å². The second-order valence-electron chi connectivity index (χ2n) is 4.26. The van der Waals surface area contributed by atoms with Crippen LogP contribution in [0.15, 0.2) is 18.3 Å². The van der Waals surface area contributed by atoms with Crippen molar-refractivity contribution in [2.75, 3.05) is 12.8 Å². The van der Waals surface area contributed by atoms with E-state index in [9.17, 15) is 0 Å². The molecule has 2 nitrogen and oxygen atoms in total. The maximum Gasteiger partial charge on any atom is 0.0570 e. The lowest BCUT2D eigenvalue weighted by Crippen LogP contribution is -2.26. The summed E-state index contributed by atoms with van der Waals surface area (Å²) in [6.45, 7) is 4.13. The molecule has 0 unspecified atom stereocenters. The fourth-order valence-electron chi connectivity index (χ4n) is 1.70. The fraction of sp³-hybridized carbons (Fsp3) is 0.583. The second-order valence-corrected chi connectivity index (χ2v) is 5.53. The zero-order chi connectivity index (χ0) is 10.7. The Morgan fingerprint density at radius 1 is 1.53 bits per heavy atom. The van der Waals surface area contributed by atoms with Crippen LogP contribution in [0.5, 0.6) is 0 Å². The highest BCUT2D eigenvalue weighted by Gasteiger charge is 2.41. The summed E-state index contributed by atoms with van der Waals surface area (Å²) in [5.74, 6) is 0. The Labute approximate surface area is 95.9 Å². The minimum absolute atomic E-state index is 0.544. The molecule has 0 saturated heterocycles. The molecule has 3 heteroatoms. The molecule has 82 valence electrons. The van der Waals surface area contributed by atoms with Crippen LogP contribution in [0.2, 0.25) is 0 Å². The Morgan fingerprint density at radius 2 is 2.33 bits per heavy atom. The molecule has 0 aromatic carbocycles. The molecular formula is C12H18N2S. The van der Waals surface area contributed by atoms with Crippen LogP contribution in [0.4, 0.5) is 0 Å². The molecule has 1 aliphatic carbocycles. The van der Waals surface area contributed by atoms with Gasteiger partial charge >= 0.3 is 0 Å². The summed E-state index contributed by atoms with van der Waals surface area (Å²) in [6, 6.07) is 4.11. The van der Waals surface area contributed by atoms with Crippen LogP contribution in [0.3, 0.4) is 0 Å². The number of aryl methyl sites for hydroxylation is 1. The van der Waals surface area contributed by atoms with Crippen LogP contribution >= 0.6 is 11.8 Å². The van der Waals surface area contributed by atoms with E-state index in [0.29, 0.717) is 4.75 Å². The van der Waals surface area contributed by atoms with E-state index in [1.54, 1.807) is 0 Å². The summed E-state index contributed by atoms with van der Waals surface area (Å²) in [5.41, 5.74) is 2.45. The topological polar surface area (TPSA) is 24.9 Å². The van der Waals surface area contributed by atoms with Crippen LogP contribution in [0, 0.1) is 6.92 Å². The first kappa shape index (κ1) is 11.0. The molecule has 1 heterocycles. The van der Waals surface area contributed by atoms with Gasteiger partial charge in [0, 0.05) is 24.0 Å². The van der Waals surface area contributed by atoms with Crippen molar-refractivity contribution >= 4 is 11.8 Å². The molecule has 0 atom stereocenters. The first-order valence-electron chi connectivity index (χ1n) is 5.42. The maximum absolute atomic E-state index is 4.37. The number of thioether (sulfide) groups is 1. The summed E-state index contributed by atoms with van der Waals surface area (Å²) in [6.07, 6.45) is 6.80. The Balaban J connectivity index is 1.81. The van der Waals surface area contributed by atoms with Crippen molar-refractivity contribution in [2.24, 2.45) is 0 Å². The van der Waals surface area contributed by atoms with Crippen molar-refractivity contribution in [1.82, 2.24) is 10.3 Å². The molecule has 0 spiro atoms.